The van der Waals surface area contributed by atoms with Gasteiger partial charge in [0, 0.05) is 36.2 Å². The molecule has 2 aromatic rings. The van der Waals surface area contributed by atoms with Crippen molar-refractivity contribution in [1.82, 2.24) is 15.3 Å². The van der Waals surface area contributed by atoms with Crippen LogP contribution in [-0.2, 0) is 0 Å². The molecule has 0 aliphatic carbocycles. The fourth-order valence-electron chi connectivity index (χ4n) is 2.17. The summed E-state index contributed by atoms with van der Waals surface area (Å²) < 4.78 is 5.17. The van der Waals surface area contributed by atoms with Gasteiger partial charge in [-0.25, -0.2) is 0 Å². The Balaban J connectivity index is 1.91. The monoisotopic (exact) mass is 274 g/mol. The molecule has 0 saturated heterocycles. The highest BCUT2D eigenvalue weighted by atomic mass is 16.3. The Labute approximate surface area is 119 Å². The van der Waals surface area contributed by atoms with Gasteiger partial charge in [-0.05, 0) is 31.9 Å². The average Bonchev–Trinajstić information content (AvgIpc) is 3.02. The second-order valence-corrected chi connectivity index (χ2v) is 4.88. The largest absolute Gasteiger partial charge is 0.472 e. The molecule has 2 atom stereocenters. The maximum absolute atomic E-state index is 6.17. The van der Waals surface area contributed by atoms with E-state index in [2.05, 4.69) is 22.2 Å². The summed E-state index contributed by atoms with van der Waals surface area (Å²) in [6.45, 7) is 3.14. The van der Waals surface area contributed by atoms with E-state index in [0.717, 1.165) is 31.5 Å². The van der Waals surface area contributed by atoms with E-state index in [1.807, 2.05) is 6.07 Å². The Morgan fingerprint density at radius 2 is 2.25 bits per heavy atom. The molecule has 0 fully saturated rings. The van der Waals surface area contributed by atoms with Crippen molar-refractivity contribution in [3.05, 3.63) is 48.4 Å². The molecule has 5 heteroatoms. The van der Waals surface area contributed by atoms with Crippen LogP contribution in [0.2, 0.25) is 0 Å². The molecule has 3 N–H and O–H groups in total. The van der Waals surface area contributed by atoms with Crippen LogP contribution in [0.4, 0.5) is 0 Å². The number of furan rings is 1. The zero-order valence-corrected chi connectivity index (χ0v) is 11.8. The van der Waals surface area contributed by atoms with Crippen molar-refractivity contribution in [2.24, 2.45) is 5.73 Å². The first-order valence-corrected chi connectivity index (χ1v) is 7.08. The van der Waals surface area contributed by atoms with Crippen molar-refractivity contribution >= 4 is 0 Å². The molecule has 108 valence electrons. The summed E-state index contributed by atoms with van der Waals surface area (Å²) in [5.41, 5.74) is 8.18. The lowest BCUT2D eigenvalue weighted by Crippen LogP contribution is -2.23. The minimum Gasteiger partial charge on any atom is -0.472 e. The van der Waals surface area contributed by atoms with Gasteiger partial charge in [-0.15, -0.1) is 0 Å². The summed E-state index contributed by atoms with van der Waals surface area (Å²) in [4.78, 5) is 8.31. The van der Waals surface area contributed by atoms with Gasteiger partial charge in [0.1, 0.15) is 0 Å². The number of rotatable bonds is 8. The lowest BCUT2D eigenvalue weighted by molar-refractivity contribution is 0.451. The first-order valence-electron chi connectivity index (χ1n) is 7.08. The fourth-order valence-corrected chi connectivity index (χ4v) is 2.17. The van der Waals surface area contributed by atoms with Crippen LogP contribution in [0.25, 0.3) is 0 Å². The second kappa shape index (κ2) is 7.77. The van der Waals surface area contributed by atoms with Gasteiger partial charge in [0.2, 0.25) is 0 Å². The van der Waals surface area contributed by atoms with Gasteiger partial charge in [-0.1, -0.05) is 6.92 Å². The summed E-state index contributed by atoms with van der Waals surface area (Å²) in [7, 11) is 0. The Bertz CT molecular complexity index is 472. The molecule has 2 aromatic heterocycles. The van der Waals surface area contributed by atoms with Crippen LogP contribution >= 0.6 is 0 Å². The van der Waals surface area contributed by atoms with Gasteiger partial charge in [0.05, 0.1) is 18.2 Å². The van der Waals surface area contributed by atoms with Crippen LogP contribution < -0.4 is 11.1 Å². The van der Waals surface area contributed by atoms with Gasteiger partial charge in [-0.2, -0.15) is 0 Å². The number of hydrogen-bond acceptors (Lipinski definition) is 5. The van der Waals surface area contributed by atoms with Gasteiger partial charge in [0.15, 0.2) is 0 Å². The topological polar surface area (TPSA) is 77.0 Å². The van der Waals surface area contributed by atoms with E-state index in [1.54, 1.807) is 31.1 Å². The van der Waals surface area contributed by atoms with E-state index >= 15 is 0 Å². The molecular formula is C15H22N4O. The maximum atomic E-state index is 6.17. The third kappa shape index (κ3) is 4.15. The maximum Gasteiger partial charge on any atom is 0.0950 e. The number of nitrogens with two attached hydrogens (primary N) is 1. The van der Waals surface area contributed by atoms with Crippen LogP contribution in [-0.4, -0.2) is 16.5 Å². The van der Waals surface area contributed by atoms with E-state index in [0.29, 0.717) is 0 Å². The molecule has 2 rings (SSSR count). The Hall–Kier alpha value is -1.72. The third-order valence-corrected chi connectivity index (χ3v) is 3.32. The first kappa shape index (κ1) is 14.7. The molecular weight excluding hydrogens is 252 g/mol. The van der Waals surface area contributed by atoms with Crippen molar-refractivity contribution < 1.29 is 4.42 Å². The zero-order chi connectivity index (χ0) is 14.2. The summed E-state index contributed by atoms with van der Waals surface area (Å²) in [5.74, 6) is 0. The molecule has 5 nitrogen and oxygen atoms in total. The molecule has 0 spiro atoms. The van der Waals surface area contributed by atoms with Crippen molar-refractivity contribution in [2.75, 3.05) is 6.54 Å². The normalized spacial score (nSPS) is 14.1. The molecule has 0 aliphatic rings. The summed E-state index contributed by atoms with van der Waals surface area (Å²) >= 11 is 0. The van der Waals surface area contributed by atoms with Gasteiger partial charge in [0.25, 0.3) is 0 Å². The lowest BCUT2D eigenvalue weighted by Gasteiger charge is -2.19. The highest BCUT2D eigenvalue weighted by molar-refractivity contribution is 5.12. The predicted molar refractivity (Wildman–Crippen MR) is 77.9 cm³/mol. The third-order valence-electron chi connectivity index (χ3n) is 3.32. The minimum atomic E-state index is -0.0819. The smallest absolute Gasteiger partial charge is 0.0950 e. The summed E-state index contributed by atoms with van der Waals surface area (Å²) in [6.07, 6.45) is 11.5. The fraction of sp³-hybridized carbons (Fsp3) is 0.467. The molecule has 0 aromatic carbocycles. The van der Waals surface area contributed by atoms with Crippen LogP contribution in [0, 0.1) is 0 Å². The molecule has 0 saturated carbocycles. The van der Waals surface area contributed by atoms with E-state index < -0.39 is 0 Å². The Morgan fingerprint density at radius 3 is 2.90 bits per heavy atom. The molecule has 20 heavy (non-hydrogen) atoms. The van der Waals surface area contributed by atoms with Crippen molar-refractivity contribution in [3.63, 3.8) is 0 Å². The molecule has 0 aliphatic heterocycles. The summed E-state index contributed by atoms with van der Waals surface area (Å²) in [5, 5.41) is 3.53. The van der Waals surface area contributed by atoms with Crippen LogP contribution in [0.5, 0.6) is 0 Å². The highest BCUT2D eigenvalue weighted by Gasteiger charge is 2.15. The van der Waals surface area contributed by atoms with E-state index in [9.17, 15) is 0 Å². The molecule has 0 amide bonds. The van der Waals surface area contributed by atoms with Gasteiger partial charge in [-0.3, -0.25) is 9.97 Å². The number of nitrogens with one attached hydrogen (secondary N) is 1. The average molecular weight is 274 g/mol. The molecule has 2 heterocycles. The van der Waals surface area contributed by atoms with Crippen LogP contribution in [0.1, 0.15) is 49.5 Å². The summed E-state index contributed by atoms with van der Waals surface area (Å²) in [6, 6.07) is 2.19. The molecule has 2 unspecified atom stereocenters. The first-order chi connectivity index (χ1) is 9.81. The Kier molecular flexibility index (Phi) is 5.70. The lowest BCUT2D eigenvalue weighted by atomic mass is 10.0. The standard InChI is InChI=1S/C15H22N4O/c1-2-6-18-14(12-5-9-20-11-12)4-3-13(16)15-10-17-7-8-19-15/h5,7-11,13-14,18H,2-4,6,16H2,1H3. The van der Waals surface area contributed by atoms with Crippen molar-refractivity contribution in [1.29, 1.82) is 0 Å². The van der Waals surface area contributed by atoms with Crippen LogP contribution in [0.15, 0.2) is 41.6 Å². The van der Waals surface area contributed by atoms with Gasteiger partial charge < -0.3 is 15.5 Å². The quantitative estimate of drug-likeness (QED) is 0.773. The molecule has 0 radical (unpaired) electrons. The van der Waals surface area contributed by atoms with Crippen molar-refractivity contribution in [3.8, 4) is 0 Å². The number of aromatic nitrogens is 2. The predicted octanol–water partition coefficient (Wildman–Crippen LogP) is 2.59. The SMILES string of the molecule is CCCNC(CCC(N)c1cnccn1)c1ccoc1. The van der Waals surface area contributed by atoms with Gasteiger partial charge >= 0.3 is 0 Å². The van der Waals surface area contributed by atoms with E-state index in [4.69, 9.17) is 10.2 Å². The second-order valence-electron chi connectivity index (χ2n) is 4.88. The highest BCUT2D eigenvalue weighted by Crippen LogP contribution is 2.23. The van der Waals surface area contributed by atoms with E-state index in [-0.39, 0.29) is 12.1 Å². The van der Waals surface area contributed by atoms with E-state index in [1.165, 1.54) is 5.56 Å². The number of hydrogen-bond donors (Lipinski definition) is 2. The number of nitrogens with zero attached hydrogens (tertiary/aromatic N) is 2. The molecule has 0 bridgehead atoms. The zero-order valence-electron chi connectivity index (χ0n) is 11.8. The Morgan fingerprint density at radius 1 is 1.35 bits per heavy atom. The minimum absolute atomic E-state index is 0.0819. The van der Waals surface area contributed by atoms with Crippen LogP contribution in [0.3, 0.4) is 0 Å². The van der Waals surface area contributed by atoms with Crippen molar-refractivity contribution in [2.45, 2.75) is 38.3 Å².